The van der Waals surface area contributed by atoms with Gasteiger partial charge in [-0.15, -0.1) is 0 Å². The van der Waals surface area contributed by atoms with Gasteiger partial charge in [-0.3, -0.25) is 0 Å². The van der Waals surface area contributed by atoms with E-state index in [9.17, 15) is 18.3 Å². The molecule has 0 bridgehead atoms. The second kappa shape index (κ2) is 8.00. The molecule has 0 spiro atoms. The molecule has 6 nitrogen and oxygen atoms in total. The highest BCUT2D eigenvalue weighted by Gasteiger charge is 2.17. The highest BCUT2D eigenvalue weighted by Crippen LogP contribution is 2.30. The monoisotopic (exact) mass is 390 g/mol. The topological polar surface area (TPSA) is 89.9 Å². The van der Waals surface area contributed by atoms with Crippen LogP contribution in [0.2, 0.25) is 0 Å². The number of carboxylic acid groups (broad SMARTS) is 1. The first-order valence-electron chi connectivity index (χ1n) is 8.80. The van der Waals surface area contributed by atoms with Crippen LogP contribution in [-0.2, 0) is 9.84 Å². The molecule has 27 heavy (non-hydrogen) atoms. The molecule has 2 aromatic rings. The number of carbonyl (C=O) groups is 1. The van der Waals surface area contributed by atoms with Crippen molar-refractivity contribution in [1.82, 2.24) is 0 Å². The molecule has 0 amide bonds. The van der Waals surface area contributed by atoms with E-state index in [1.165, 1.54) is 49.2 Å². The summed E-state index contributed by atoms with van der Waals surface area (Å²) >= 11 is 0. The summed E-state index contributed by atoms with van der Waals surface area (Å²) in [7, 11) is -3.29. The first kappa shape index (κ1) is 19.2. The number of carboxylic acids is 1. The summed E-state index contributed by atoms with van der Waals surface area (Å²) in [5, 5.41) is 9.33. The highest BCUT2D eigenvalue weighted by atomic mass is 32.2. The Morgan fingerprint density at radius 2 is 1.67 bits per heavy atom. The Bertz CT molecular complexity index is 912. The lowest BCUT2D eigenvalue weighted by molar-refractivity contribution is 0.0696. The zero-order valence-electron chi connectivity index (χ0n) is 15.1. The van der Waals surface area contributed by atoms with Gasteiger partial charge in [0.05, 0.1) is 17.1 Å². The SMILES string of the molecule is CS(=O)(=O)c1ccc(Oc2cc(OCC3CCCC3)cc(C(=O)O)c2)cc1. The summed E-state index contributed by atoms with van der Waals surface area (Å²) in [5.41, 5.74) is 0.0710. The molecule has 0 unspecified atom stereocenters. The fourth-order valence-corrected chi connectivity index (χ4v) is 3.75. The minimum absolute atomic E-state index is 0.0710. The molecule has 144 valence electrons. The Kier molecular flexibility index (Phi) is 5.70. The van der Waals surface area contributed by atoms with Gasteiger partial charge in [0.15, 0.2) is 9.84 Å². The lowest BCUT2D eigenvalue weighted by atomic mass is 10.1. The van der Waals surface area contributed by atoms with Gasteiger partial charge in [-0.05, 0) is 55.2 Å². The second-order valence-corrected chi connectivity index (χ2v) is 8.82. The normalized spacial score (nSPS) is 14.9. The molecular weight excluding hydrogens is 368 g/mol. The third-order valence-electron chi connectivity index (χ3n) is 4.58. The Morgan fingerprint density at radius 1 is 1.04 bits per heavy atom. The van der Waals surface area contributed by atoms with E-state index in [4.69, 9.17) is 9.47 Å². The molecule has 0 aromatic heterocycles. The fourth-order valence-electron chi connectivity index (χ4n) is 3.12. The molecule has 2 aromatic carbocycles. The Hall–Kier alpha value is -2.54. The van der Waals surface area contributed by atoms with Crippen LogP contribution in [0.25, 0.3) is 0 Å². The van der Waals surface area contributed by atoms with E-state index in [1.807, 2.05) is 0 Å². The number of hydrogen-bond donors (Lipinski definition) is 1. The van der Waals surface area contributed by atoms with Crippen LogP contribution < -0.4 is 9.47 Å². The Morgan fingerprint density at radius 3 is 2.26 bits per heavy atom. The molecule has 1 aliphatic carbocycles. The van der Waals surface area contributed by atoms with Crippen molar-refractivity contribution in [3.63, 3.8) is 0 Å². The molecule has 3 rings (SSSR count). The fraction of sp³-hybridized carbons (Fsp3) is 0.350. The summed E-state index contributed by atoms with van der Waals surface area (Å²) in [4.78, 5) is 11.6. The van der Waals surface area contributed by atoms with Gasteiger partial charge < -0.3 is 14.6 Å². The van der Waals surface area contributed by atoms with Gasteiger partial charge >= 0.3 is 5.97 Å². The van der Waals surface area contributed by atoms with Crippen LogP contribution in [0.4, 0.5) is 0 Å². The van der Waals surface area contributed by atoms with Crippen LogP contribution in [0.5, 0.6) is 17.2 Å². The van der Waals surface area contributed by atoms with E-state index in [0.717, 1.165) is 19.1 Å². The largest absolute Gasteiger partial charge is 0.493 e. The molecule has 0 heterocycles. The Labute approximate surface area is 158 Å². The van der Waals surface area contributed by atoms with Gasteiger partial charge in [-0.2, -0.15) is 0 Å². The van der Waals surface area contributed by atoms with Gasteiger partial charge in [0.1, 0.15) is 17.2 Å². The molecule has 7 heteroatoms. The summed E-state index contributed by atoms with van der Waals surface area (Å²) in [6.07, 6.45) is 5.82. The number of benzene rings is 2. The maximum atomic E-state index is 11.5. The van der Waals surface area contributed by atoms with E-state index < -0.39 is 15.8 Å². The summed E-state index contributed by atoms with van der Waals surface area (Å²) < 4.78 is 34.6. The van der Waals surface area contributed by atoms with Crippen LogP contribution in [0.1, 0.15) is 36.0 Å². The Balaban J connectivity index is 1.77. The molecule has 1 N–H and O–H groups in total. The number of sulfone groups is 1. The lowest BCUT2D eigenvalue weighted by Gasteiger charge is -2.14. The second-order valence-electron chi connectivity index (χ2n) is 6.81. The van der Waals surface area contributed by atoms with Gasteiger partial charge in [0, 0.05) is 12.3 Å². The van der Waals surface area contributed by atoms with Crippen molar-refractivity contribution in [1.29, 1.82) is 0 Å². The lowest BCUT2D eigenvalue weighted by Crippen LogP contribution is -2.08. The van der Waals surface area contributed by atoms with E-state index in [1.54, 1.807) is 6.07 Å². The van der Waals surface area contributed by atoms with Crippen LogP contribution in [0.3, 0.4) is 0 Å². The van der Waals surface area contributed by atoms with Crippen molar-refractivity contribution < 1.29 is 27.8 Å². The molecule has 0 atom stereocenters. The number of rotatable bonds is 7. The summed E-state index contributed by atoms with van der Waals surface area (Å²) in [5.74, 6) is 0.615. The van der Waals surface area contributed by atoms with Crippen LogP contribution in [0.15, 0.2) is 47.4 Å². The molecule has 1 fully saturated rings. The third-order valence-corrected chi connectivity index (χ3v) is 5.70. The number of ether oxygens (including phenoxy) is 2. The van der Waals surface area contributed by atoms with Crippen LogP contribution in [-0.4, -0.2) is 32.4 Å². The summed E-state index contributed by atoms with van der Waals surface area (Å²) in [6, 6.07) is 10.5. The zero-order valence-corrected chi connectivity index (χ0v) is 15.9. The maximum absolute atomic E-state index is 11.5. The standard InChI is InChI=1S/C20H22O6S/c1-27(23,24)19-8-6-16(7-9-19)26-18-11-15(20(21)22)10-17(12-18)25-13-14-4-2-3-5-14/h6-12,14H,2-5,13H2,1H3,(H,21,22). The first-order valence-corrected chi connectivity index (χ1v) is 10.7. The van der Waals surface area contributed by atoms with Crippen molar-refractivity contribution >= 4 is 15.8 Å². The highest BCUT2D eigenvalue weighted by molar-refractivity contribution is 7.90. The quantitative estimate of drug-likeness (QED) is 0.764. The molecule has 0 radical (unpaired) electrons. The zero-order chi connectivity index (χ0) is 19.4. The van der Waals surface area contributed by atoms with Gasteiger partial charge in [-0.25, -0.2) is 13.2 Å². The molecule has 1 aliphatic rings. The maximum Gasteiger partial charge on any atom is 0.335 e. The van der Waals surface area contributed by atoms with Crippen molar-refractivity contribution in [3.05, 3.63) is 48.0 Å². The van der Waals surface area contributed by atoms with Crippen LogP contribution >= 0.6 is 0 Å². The van der Waals surface area contributed by atoms with E-state index >= 15 is 0 Å². The number of hydrogen-bond acceptors (Lipinski definition) is 5. The van der Waals surface area contributed by atoms with Crippen molar-refractivity contribution in [2.75, 3.05) is 12.9 Å². The van der Waals surface area contributed by atoms with E-state index in [0.29, 0.717) is 29.8 Å². The number of aromatic carboxylic acids is 1. The van der Waals surface area contributed by atoms with Crippen molar-refractivity contribution in [3.8, 4) is 17.2 Å². The molecule has 0 saturated heterocycles. The molecule has 1 saturated carbocycles. The predicted molar refractivity (Wildman–Crippen MR) is 100 cm³/mol. The average Bonchev–Trinajstić information content (AvgIpc) is 3.13. The molecule has 0 aliphatic heterocycles. The van der Waals surface area contributed by atoms with E-state index in [-0.39, 0.29) is 10.5 Å². The third kappa shape index (κ3) is 5.23. The van der Waals surface area contributed by atoms with Crippen molar-refractivity contribution in [2.45, 2.75) is 30.6 Å². The minimum atomic E-state index is -3.29. The van der Waals surface area contributed by atoms with Gasteiger partial charge in [-0.1, -0.05) is 12.8 Å². The van der Waals surface area contributed by atoms with Crippen LogP contribution in [0, 0.1) is 5.92 Å². The minimum Gasteiger partial charge on any atom is -0.493 e. The smallest absolute Gasteiger partial charge is 0.335 e. The van der Waals surface area contributed by atoms with Gasteiger partial charge in [0.25, 0.3) is 0 Å². The predicted octanol–water partition coefficient (Wildman–Crippen LogP) is 4.15. The molecular formula is C20H22O6S. The first-order chi connectivity index (χ1) is 12.8. The van der Waals surface area contributed by atoms with E-state index in [2.05, 4.69) is 0 Å². The average molecular weight is 390 g/mol. The van der Waals surface area contributed by atoms with Gasteiger partial charge in [0.2, 0.25) is 0 Å². The summed E-state index contributed by atoms with van der Waals surface area (Å²) in [6.45, 7) is 0.561. The van der Waals surface area contributed by atoms with Crippen molar-refractivity contribution in [2.24, 2.45) is 5.92 Å².